The van der Waals surface area contributed by atoms with Crippen LogP contribution in [0.2, 0.25) is 0 Å². The Hall–Kier alpha value is -1.30. The largest absolute Gasteiger partial charge is 0.488 e. The van der Waals surface area contributed by atoms with Crippen molar-refractivity contribution in [2.45, 2.75) is 50.4 Å². The molecule has 2 fully saturated rings. The predicted molar refractivity (Wildman–Crippen MR) is 87.6 cm³/mol. The summed E-state index contributed by atoms with van der Waals surface area (Å²) in [5.74, 6) is 0.748. The van der Waals surface area contributed by atoms with Gasteiger partial charge in [-0.15, -0.1) is 12.4 Å². The fourth-order valence-corrected chi connectivity index (χ4v) is 2.75. The summed E-state index contributed by atoms with van der Waals surface area (Å²) in [5.41, 5.74) is 0.769. The molecule has 2 unspecified atom stereocenters. The molecule has 1 aromatic rings. The number of benzene rings is 1. The second kappa shape index (κ2) is 7.81. The minimum absolute atomic E-state index is 0. The average molecular weight is 327 g/mol. The number of hydrogen-bond donors (Lipinski definition) is 3. The van der Waals surface area contributed by atoms with Crippen LogP contribution in [0.25, 0.3) is 0 Å². The fraction of sp³-hybridized carbons (Fsp3) is 0.562. The van der Waals surface area contributed by atoms with Crippen LogP contribution in [-0.4, -0.2) is 35.8 Å². The molecular formula is C16H23ClN2O3. The summed E-state index contributed by atoms with van der Waals surface area (Å²) in [5, 5.41) is 15.9. The van der Waals surface area contributed by atoms with Crippen molar-refractivity contribution < 1.29 is 14.6 Å². The van der Waals surface area contributed by atoms with Gasteiger partial charge >= 0.3 is 0 Å². The maximum atomic E-state index is 11.8. The van der Waals surface area contributed by atoms with Gasteiger partial charge < -0.3 is 20.5 Å². The molecule has 1 amide bonds. The number of nitrogens with one attached hydrogen (secondary N) is 2. The van der Waals surface area contributed by atoms with Crippen LogP contribution in [0.3, 0.4) is 0 Å². The van der Waals surface area contributed by atoms with Gasteiger partial charge in [0.25, 0.3) is 0 Å². The van der Waals surface area contributed by atoms with Crippen LogP contribution in [0.15, 0.2) is 24.3 Å². The number of amides is 1. The minimum atomic E-state index is -0.372. The molecular weight excluding hydrogens is 304 g/mol. The molecule has 1 aromatic carbocycles. The van der Waals surface area contributed by atoms with E-state index >= 15 is 0 Å². The second-order valence-corrected chi connectivity index (χ2v) is 5.82. The topological polar surface area (TPSA) is 70.6 Å². The molecule has 122 valence electrons. The van der Waals surface area contributed by atoms with Crippen molar-refractivity contribution in [3.63, 3.8) is 0 Å². The highest BCUT2D eigenvalue weighted by Gasteiger charge is 2.25. The average Bonchev–Trinajstić information content (AvgIpc) is 2.41. The highest BCUT2D eigenvalue weighted by Crippen LogP contribution is 2.25. The number of halogens is 1. The molecule has 3 rings (SSSR count). The fourth-order valence-electron chi connectivity index (χ4n) is 2.75. The zero-order chi connectivity index (χ0) is 14.7. The van der Waals surface area contributed by atoms with Crippen LogP contribution >= 0.6 is 12.4 Å². The van der Waals surface area contributed by atoms with Crippen molar-refractivity contribution in [2.75, 3.05) is 11.9 Å². The van der Waals surface area contributed by atoms with E-state index in [0.29, 0.717) is 0 Å². The summed E-state index contributed by atoms with van der Waals surface area (Å²) in [6.07, 6.45) is 4.29. The zero-order valence-corrected chi connectivity index (χ0v) is 13.3. The van der Waals surface area contributed by atoms with Crippen LogP contribution < -0.4 is 15.4 Å². The smallest absolute Gasteiger partial charge is 0.241 e. The molecule has 0 radical (unpaired) electrons. The van der Waals surface area contributed by atoms with Gasteiger partial charge in [0.05, 0.1) is 12.1 Å². The minimum Gasteiger partial charge on any atom is -0.488 e. The molecule has 3 N–H and O–H groups in total. The van der Waals surface area contributed by atoms with Gasteiger partial charge in [0, 0.05) is 5.69 Å². The van der Waals surface area contributed by atoms with Crippen LogP contribution in [0.1, 0.15) is 32.1 Å². The van der Waals surface area contributed by atoms with E-state index < -0.39 is 0 Å². The Kier molecular flexibility index (Phi) is 6.06. The summed E-state index contributed by atoms with van der Waals surface area (Å²) in [6.45, 7) is 0.911. The first-order chi connectivity index (χ1) is 10.2. The SMILES string of the molecule is Cl.O=C(Nc1ccc(OC2CCCCC2O)cc1)[C@H]1CCN1. The van der Waals surface area contributed by atoms with Crippen LogP contribution in [0.5, 0.6) is 5.75 Å². The predicted octanol–water partition coefficient (Wildman–Crippen LogP) is 2.09. The Labute approximate surface area is 136 Å². The number of carbonyl (C=O) groups excluding carboxylic acids is 1. The summed E-state index contributed by atoms with van der Waals surface area (Å²) in [4.78, 5) is 11.8. The van der Waals surface area contributed by atoms with Crippen LogP contribution in [0, 0.1) is 0 Å². The lowest BCUT2D eigenvalue weighted by molar-refractivity contribution is -0.119. The van der Waals surface area contributed by atoms with E-state index in [1.165, 1.54) is 0 Å². The molecule has 0 spiro atoms. The normalized spacial score (nSPS) is 27.2. The van der Waals surface area contributed by atoms with Crippen molar-refractivity contribution in [1.29, 1.82) is 0 Å². The van der Waals surface area contributed by atoms with Crippen molar-refractivity contribution in [1.82, 2.24) is 5.32 Å². The molecule has 2 aliphatic rings. The van der Waals surface area contributed by atoms with E-state index in [1.807, 2.05) is 24.3 Å². The number of carbonyl (C=O) groups is 1. The zero-order valence-electron chi connectivity index (χ0n) is 12.5. The molecule has 1 saturated carbocycles. The van der Waals surface area contributed by atoms with Crippen molar-refractivity contribution in [3.05, 3.63) is 24.3 Å². The summed E-state index contributed by atoms with van der Waals surface area (Å²) < 4.78 is 5.83. The Balaban J connectivity index is 0.00000176. The third-order valence-corrected chi connectivity index (χ3v) is 4.22. The molecule has 22 heavy (non-hydrogen) atoms. The lowest BCUT2D eigenvalue weighted by atomic mass is 9.95. The number of aliphatic hydroxyl groups excluding tert-OH is 1. The number of aliphatic hydroxyl groups is 1. The second-order valence-electron chi connectivity index (χ2n) is 5.82. The quantitative estimate of drug-likeness (QED) is 0.792. The lowest BCUT2D eigenvalue weighted by Gasteiger charge is -2.28. The Bertz CT molecular complexity index is 491. The van der Waals surface area contributed by atoms with Gasteiger partial charge in [-0.25, -0.2) is 0 Å². The molecule has 1 aliphatic heterocycles. The van der Waals surface area contributed by atoms with Gasteiger partial charge in [0.2, 0.25) is 5.91 Å². The van der Waals surface area contributed by atoms with E-state index in [1.54, 1.807) is 0 Å². The van der Waals surface area contributed by atoms with E-state index in [4.69, 9.17) is 4.74 Å². The van der Waals surface area contributed by atoms with Gasteiger partial charge in [-0.1, -0.05) is 6.42 Å². The van der Waals surface area contributed by atoms with E-state index in [-0.39, 0.29) is 36.6 Å². The van der Waals surface area contributed by atoms with E-state index in [9.17, 15) is 9.90 Å². The number of hydrogen-bond acceptors (Lipinski definition) is 4. The molecule has 1 aliphatic carbocycles. The van der Waals surface area contributed by atoms with Gasteiger partial charge in [-0.3, -0.25) is 4.79 Å². The van der Waals surface area contributed by atoms with Crippen molar-refractivity contribution in [3.8, 4) is 5.75 Å². The lowest BCUT2D eigenvalue weighted by Crippen LogP contribution is -2.50. The highest BCUT2D eigenvalue weighted by molar-refractivity contribution is 5.95. The van der Waals surface area contributed by atoms with E-state index in [2.05, 4.69) is 10.6 Å². The summed E-state index contributed by atoms with van der Waals surface area (Å²) >= 11 is 0. The summed E-state index contributed by atoms with van der Waals surface area (Å²) in [6, 6.07) is 7.29. The molecule has 0 aromatic heterocycles. The molecule has 1 saturated heterocycles. The number of rotatable bonds is 4. The number of anilines is 1. The van der Waals surface area contributed by atoms with Crippen LogP contribution in [-0.2, 0) is 4.79 Å². The third kappa shape index (κ3) is 4.12. The standard InChI is InChI=1S/C16H22N2O3.ClH/c19-14-3-1-2-4-15(14)21-12-7-5-11(6-8-12)18-16(20)13-9-10-17-13;/h5-8,13-15,17,19H,1-4,9-10H2,(H,18,20);1H/t13-,14?,15?;/m1./s1. The third-order valence-electron chi connectivity index (χ3n) is 4.22. The monoisotopic (exact) mass is 326 g/mol. The van der Waals surface area contributed by atoms with Gasteiger partial charge in [-0.2, -0.15) is 0 Å². The molecule has 1 heterocycles. The van der Waals surface area contributed by atoms with Gasteiger partial charge in [-0.05, 0) is 56.5 Å². The van der Waals surface area contributed by atoms with Crippen LogP contribution in [0.4, 0.5) is 5.69 Å². The molecule has 0 bridgehead atoms. The first kappa shape index (κ1) is 17.1. The summed E-state index contributed by atoms with van der Waals surface area (Å²) in [7, 11) is 0. The molecule has 3 atom stereocenters. The Morgan fingerprint density at radius 1 is 1.18 bits per heavy atom. The Morgan fingerprint density at radius 3 is 2.45 bits per heavy atom. The first-order valence-corrected chi connectivity index (χ1v) is 7.71. The maximum Gasteiger partial charge on any atom is 0.241 e. The van der Waals surface area contributed by atoms with Gasteiger partial charge in [0.1, 0.15) is 11.9 Å². The number of ether oxygens (including phenoxy) is 1. The first-order valence-electron chi connectivity index (χ1n) is 7.71. The maximum absolute atomic E-state index is 11.8. The Morgan fingerprint density at radius 2 is 1.86 bits per heavy atom. The molecule has 5 nitrogen and oxygen atoms in total. The molecule has 6 heteroatoms. The van der Waals surface area contributed by atoms with Crippen molar-refractivity contribution in [2.24, 2.45) is 0 Å². The van der Waals surface area contributed by atoms with Crippen molar-refractivity contribution >= 4 is 24.0 Å². The highest BCUT2D eigenvalue weighted by atomic mass is 35.5. The van der Waals surface area contributed by atoms with E-state index in [0.717, 1.165) is 50.1 Å². The van der Waals surface area contributed by atoms with Gasteiger partial charge in [0.15, 0.2) is 0 Å².